The fourth-order valence-corrected chi connectivity index (χ4v) is 2.30. The summed E-state index contributed by atoms with van der Waals surface area (Å²) in [4.78, 5) is 35.5. The summed E-state index contributed by atoms with van der Waals surface area (Å²) >= 11 is 6.29. The monoisotopic (exact) mass is 680 g/mol. The number of alkyl halides is 3. The first-order valence-electron chi connectivity index (χ1n) is 7.48. The normalized spacial score (nSPS) is 15.8. The fourth-order valence-electron chi connectivity index (χ4n) is 1.22. The average Bonchev–Trinajstić information content (AvgIpc) is 2.60. The fraction of sp³-hybridized carbons (Fsp3) is 0.800. The van der Waals surface area contributed by atoms with E-state index >= 15 is 0 Å². The van der Waals surface area contributed by atoms with Gasteiger partial charge in [-0.15, -0.1) is 0 Å². The summed E-state index contributed by atoms with van der Waals surface area (Å²) in [6, 6.07) is 0. The van der Waals surface area contributed by atoms with Crippen molar-refractivity contribution in [1.29, 1.82) is 0 Å². The molecule has 0 bridgehead atoms. The summed E-state index contributed by atoms with van der Waals surface area (Å²) in [5, 5.41) is 0. The number of rotatable bonds is 11. The molecule has 0 aromatic carbocycles. The molecule has 3 atom stereocenters. The van der Waals surface area contributed by atoms with Crippen LogP contribution in [0.5, 0.6) is 0 Å². The lowest BCUT2D eigenvalue weighted by Gasteiger charge is -2.21. The molecule has 140 valence electrons. The Labute approximate surface area is 183 Å². The van der Waals surface area contributed by atoms with Gasteiger partial charge < -0.3 is 14.2 Å². The van der Waals surface area contributed by atoms with Crippen molar-refractivity contribution in [3.8, 4) is 0 Å². The van der Waals surface area contributed by atoms with Gasteiger partial charge in [0, 0.05) is 13.3 Å². The maximum atomic E-state index is 11.9. The first-order chi connectivity index (χ1) is 11.3. The van der Waals surface area contributed by atoms with Gasteiger partial charge in [0.1, 0.15) is 13.2 Å². The van der Waals surface area contributed by atoms with Crippen LogP contribution in [0.1, 0.15) is 20.8 Å². The lowest BCUT2D eigenvalue weighted by atomic mass is 10.2. The van der Waals surface area contributed by atoms with Gasteiger partial charge in [0.15, 0.2) is 6.10 Å². The molecule has 0 aliphatic carbocycles. The van der Waals surface area contributed by atoms with Crippen LogP contribution < -0.4 is 0 Å². The minimum Gasteiger partial charge on any atom is -0.461 e. The zero-order valence-corrected chi connectivity index (χ0v) is 20.4. The predicted molar refractivity (Wildman–Crippen MR) is 116 cm³/mol. The van der Waals surface area contributed by atoms with Gasteiger partial charge in [0.2, 0.25) is 0 Å². The molecule has 6 nitrogen and oxygen atoms in total. The lowest BCUT2D eigenvalue weighted by Crippen LogP contribution is -2.34. The van der Waals surface area contributed by atoms with Crippen molar-refractivity contribution in [2.75, 3.05) is 26.5 Å². The molecule has 9 heteroatoms. The second-order valence-electron chi connectivity index (χ2n) is 5.49. The molecule has 0 amide bonds. The van der Waals surface area contributed by atoms with Gasteiger partial charge in [-0.1, -0.05) is 88.5 Å². The molecule has 3 unspecified atom stereocenters. The van der Waals surface area contributed by atoms with E-state index in [0.717, 1.165) is 0 Å². The molecule has 0 fully saturated rings. The van der Waals surface area contributed by atoms with Crippen molar-refractivity contribution in [3.05, 3.63) is 0 Å². The van der Waals surface area contributed by atoms with Crippen LogP contribution in [0.4, 0.5) is 0 Å². The highest BCUT2D eigenvalue weighted by Gasteiger charge is 2.24. The number of hydrogen-bond donors (Lipinski definition) is 0. The predicted octanol–water partition coefficient (Wildman–Crippen LogP) is 3.20. The second kappa shape index (κ2) is 13.8. The number of esters is 3. The highest BCUT2D eigenvalue weighted by molar-refractivity contribution is 14.1. The van der Waals surface area contributed by atoms with E-state index in [4.69, 9.17) is 14.2 Å². The quantitative estimate of drug-likeness (QED) is 0.145. The molecule has 0 aliphatic rings. The Morgan fingerprint density at radius 1 is 0.708 bits per heavy atom. The van der Waals surface area contributed by atoms with Crippen LogP contribution in [0.3, 0.4) is 0 Å². The number of carbonyl (C=O) groups excluding carboxylic acids is 3. The molecule has 0 heterocycles. The van der Waals surface area contributed by atoms with E-state index in [1.807, 2.05) is 0 Å². The van der Waals surface area contributed by atoms with Gasteiger partial charge in [-0.05, 0) is 0 Å². The van der Waals surface area contributed by atoms with Crippen LogP contribution in [-0.2, 0) is 28.6 Å². The summed E-state index contributed by atoms with van der Waals surface area (Å²) in [6.07, 6.45) is -0.793. The first-order valence-corrected chi connectivity index (χ1v) is 12.1. The molecule has 0 saturated carbocycles. The molecule has 0 N–H and O–H groups in total. The Balaban J connectivity index is 4.67. The van der Waals surface area contributed by atoms with Crippen molar-refractivity contribution in [1.82, 2.24) is 0 Å². The van der Waals surface area contributed by atoms with Crippen molar-refractivity contribution >= 4 is 85.7 Å². The lowest BCUT2D eigenvalue weighted by molar-refractivity contribution is -0.170. The molecular formula is C15H23I3O6. The molecule has 0 spiro atoms. The van der Waals surface area contributed by atoms with Gasteiger partial charge in [0.25, 0.3) is 0 Å². The van der Waals surface area contributed by atoms with Gasteiger partial charge in [-0.3, -0.25) is 14.4 Å². The molecule has 0 radical (unpaired) electrons. The standard InChI is InChI=1S/C15H23I3O6/c1-9(4-16)13(19)22-7-12(24-15(21)11(3)6-18)8-23-14(20)10(2)5-17/h9-12H,4-8H2,1-3H3. The van der Waals surface area contributed by atoms with Crippen LogP contribution >= 0.6 is 67.8 Å². The number of hydrogen-bond acceptors (Lipinski definition) is 6. The summed E-state index contributed by atoms with van der Waals surface area (Å²) in [6.45, 7) is 5.03. The van der Waals surface area contributed by atoms with Crippen LogP contribution in [0.25, 0.3) is 0 Å². The summed E-state index contributed by atoms with van der Waals surface area (Å²) in [7, 11) is 0. The Hall–Kier alpha value is 0.600. The molecule has 0 saturated heterocycles. The van der Waals surface area contributed by atoms with E-state index in [1.54, 1.807) is 20.8 Å². The molecule has 0 rings (SSSR count). The highest BCUT2D eigenvalue weighted by atomic mass is 127. The van der Waals surface area contributed by atoms with Gasteiger partial charge in [0.05, 0.1) is 17.8 Å². The average molecular weight is 680 g/mol. The summed E-state index contributed by atoms with van der Waals surface area (Å²) in [5.41, 5.74) is 0. The van der Waals surface area contributed by atoms with Gasteiger partial charge in [-0.25, -0.2) is 0 Å². The molecule has 0 aromatic heterocycles. The van der Waals surface area contributed by atoms with Crippen molar-refractivity contribution in [2.24, 2.45) is 17.8 Å². The first kappa shape index (κ1) is 24.6. The summed E-state index contributed by atoms with van der Waals surface area (Å²) < 4.78 is 17.6. The van der Waals surface area contributed by atoms with E-state index in [1.165, 1.54) is 0 Å². The third-order valence-electron chi connectivity index (χ3n) is 3.01. The Kier molecular flexibility index (Phi) is 14.1. The van der Waals surface area contributed by atoms with E-state index in [2.05, 4.69) is 67.8 Å². The Morgan fingerprint density at radius 3 is 1.38 bits per heavy atom. The third kappa shape index (κ3) is 9.92. The van der Waals surface area contributed by atoms with Crippen LogP contribution in [0.15, 0.2) is 0 Å². The Bertz CT molecular complexity index is 392. The minimum absolute atomic E-state index is 0.120. The molecule has 0 aliphatic heterocycles. The van der Waals surface area contributed by atoms with E-state index < -0.39 is 12.1 Å². The zero-order valence-electron chi connectivity index (χ0n) is 13.9. The van der Waals surface area contributed by atoms with E-state index in [9.17, 15) is 14.4 Å². The highest BCUT2D eigenvalue weighted by Crippen LogP contribution is 2.10. The molecule has 24 heavy (non-hydrogen) atoms. The second-order valence-corrected chi connectivity index (χ2v) is 8.13. The largest absolute Gasteiger partial charge is 0.461 e. The van der Waals surface area contributed by atoms with Crippen LogP contribution in [-0.4, -0.2) is 50.5 Å². The van der Waals surface area contributed by atoms with Crippen molar-refractivity contribution in [2.45, 2.75) is 26.9 Å². The Morgan fingerprint density at radius 2 is 1.04 bits per heavy atom. The number of carbonyl (C=O) groups is 3. The molecule has 0 aromatic rings. The van der Waals surface area contributed by atoms with Crippen molar-refractivity contribution < 1.29 is 28.6 Å². The number of halogens is 3. The maximum absolute atomic E-state index is 11.9. The van der Waals surface area contributed by atoms with Crippen molar-refractivity contribution in [3.63, 3.8) is 0 Å². The van der Waals surface area contributed by atoms with E-state index in [-0.39, 0.29) is 42.9 Å². The SMILES string of the molecule is CC(CI)C(=O)OCC(COC(=O)C(C)CI)OC(=O)C(C)CI. The topological polar surface area (TPSA) is 78.9 Å². The van der Waals surface area contributed by atoms with Gasteiger partial charge >= 0.3 is 17.9 Å². The zero-order chi connectivity index (χ0) is 18.7. The minimum atomic E-state index is -0.793. The third-order valence-corrected chi connectivity index (χ3v) is 6.97. The smallest absolute Gasteiger partial charge is 0.309 e. The maximum Gasteiger partial charge on any atom is 0.309 e. The van der Waals surface area contributed by atoms with Crippen LogP contribution in [0.2, 0.25) is 0 Å². The number of ether oxygens (including phenoxy) is 3. The van der Waals surface area contributed by atoms with E-state index in [0.29, 0.717) is 13.3 Å². The summed E-state index contributed by atoms with van der Waals surface area (Å²) in [5.74, 6) is -1.88. The molecular weight excluding hydrogens is 657 g/mol. The van der Waals surface area contributed by atoms with Gasteiger partial charge in [-0.2, -0.15) is 0 Å². The van der Waals surface area contributed by atoms with Crippen LogP contribution in [0, 0.1) is 17.8 Å².